The number of hydrogen-bond donors (Lipinski definition) is 1. The zero-order valence-electron chi connectivity index (χ0n) is 11.6. The molecular weight excluding hydrogens is 269 g/mol. The highest BCUT2D eigenvalue weighted by Gasteiger charge is 2.21. The van der Waals surface area contributed by atoms with Gasteiger partial charge in [-0.15, -0.1) is 0 Å². The molecule has 0 aliphatic carbocycles. The summed E-state index contributed by atoms with van der Waals surface area (Å²) in [7, 11) is 0. The highest BCUT2D eigenvalue weighted by Crippen LogP contribution is 2.23. The fourth-order valence-corrected chi connectivity index (χ4v) is 1.79. The molecule has 0 unspecified atom stereocenters. The highest BCUT2D eigenvalue weighted by molar-refractivity contribution is 6.30. The standard InChI is InChI=1S/C14H19ClFNO2/c1-5-12(17-13(18)19-14(2,3)4)10-7-6-9(15)8-11(10)16/h6-8,12H,5H2,1-4H3,(H,17,18)/t12-/m0/s1. The third-order valence-electron chi connectivity index (χ3n) is 2.44. The normalized spacial score (nSPS) is 12.9. The molecule has 0 aliphatic heterocycles. The second kappa shape index (κ2) is 6.24. The second-order valence-corrected chi connectivity index (χ2v) is 5.71. The number of hydrogen-bond acceptors (Lipinski definition) is 2. The maximum absolute atomic E-state index is 13.8. The lowest BCUT2D eigenvalue weighted by atomic mass is 10.0. The van der Waals surface area contributed by atoms with E-state index in [4.69, 9.17) is 16.3 Å². The fraction of sp³-hybridized carbons (Fsp3) is 0.500. The van der Waals surface area contributed by atoms with Crippen LogP contribution in [-0.2, 0) is 4.74 Å². The largest absolute Gasteiger partial charge is 0.444 e. The average molecular weight is 288 g/mol. The summed E-state index contributed by atoms with van der Waals surface area (Å²) < 4.78 is 19.0. The molecule has 1 atom stereocenters. The van der Waals surface area contributed by atoms with Crippen molar-refractivity contribution in [2.75, 3.05) is 0 Å². The topological polar surface area (TPSA) is 38.3 Å². The van der Waals surface area contributed by atoms with Crippen molar-refractivity contribution >= 4 is 17.7 Å². The predicted molar refractivity (Wildman–Crippen MR) is 73.8 cm³/mol. The van der Waals surface area contributed by atoms with Gasteiger partial charge in [-0.2, -0.15) is 0 Å². The van der Waals surface area contributed by atoms with Crippen LogP contribution in [-0.4, -0.2) is 11.7 Å². The number of halogens is 2. The Labute approximate surface area is 118 Å². The first-order valence-electron chi connectivity index (χ1n) is 6.17. The Hall–Kier alpha value is -1.29. The van der Waals surface area contributed by atoms with E-state index in [9.17, 15) is 9.18 Å². The van der Waals surface area contributed by atoms with Gasteiger partial charge < -0.3 is 10.1 Å². The number of ether oxygens (including phenoxy) is 1. The van der Waals surface area contributed by atoms with Gasteiger partial charge in [-0.1, -0.05) is 24.6 Å². The van der Waals surface area contributed by atoms with Crippen LogP contribution in [0.15, 0.2) is 18.2 Å². The molecule has 0 radical (unpaired) electrons. The SMILES string of the molecule is CC[C@H](NC(=O)OC(C)(C)C)c1ccc(Cl)cc1F. The average Bonchev–Trinajstić information content (AvgIpc) is 2.24. The molecule has 5 heteroatoms. The number of alkyl carbamates (subject to hydrolysis) is 1. The maximum Gasteiger partial charge on any atom is 0.408 e. The van der Waals surface area contributed by atoms with Crippen LogP contribution in [0.5, 0.6) is 0 Å². The third-order valence-corrected chi connectivity index (χ3v) is 2.67. The van der Waals surface area contributed by atoms with E-state index in [1.54, 1.807) is 32.9 Å². The first-order chi connectivity index (χ1) is 8.73. The van der Waals surface area contributed by atoms with Gasteiger partial charge >= 0.3 is 6.09 Å². The van der Waals surface area contributed by atoms with E-state index in [0.717, 1.165) is 0 Å². The van der Waals surface area contributed by atoms with Crippen molar-refractivity contribution in [2.24, 2.45) is 0 Å². The van der Waals surface area contributed by atoms with Gasteiger partial charge in [0.15, 0.2) is 0 Å². The van der Waals surface area contributed by atoms with Crippen LogP contribution in [0.4, 0.5) is 9.18 Å². The van der Waals surface area contributed by atoms with Crippen molar-refractivity contribution in [3.05, 3.63) is 34.6 Å². The molecule has 1 aromatic carbocycles. The highest BCUT2D eigenvalue weighted by atomic mass is 35.5. The summed E-state index contributed by atoms with van der Waals surface area (Å²) in [6.45, 7) is 7.18. The summed E-state index contributed by atoms with van der Waals surface area (Å²) in [6.07, 6.45) is -0.00802. The number of amides is 1. The van der Waals surface area contributed by atoms with Crippen molar-refractivity contribution in [1.29, 1.82) is 0 Å². The Balaban J connectivity index is 2.81. The Morgan fingerprint density at radius 3 is 2.58 bits per heavy atom. The van der Waals surface area contributed by atoms with Gasteiger partial charge in [0.1, 0.15) is 11.4 Å². The van der Waals surface area contributed by atoms with E-state index < -0.39 is 23.6 Å². The molecule has 0 aliphatic rings. The van der Waals surface area contributed by atoms with Crippen LogP contribution in [0.2, 0.25) is 5.02 Å². The van der Waals surface area contributed by atoms with Gasteiger partial charge in [0.2, 0.25) is 0 Å². The van der Waals surface area contributed by atoms with Gasteiger partial charge in [-0.25, -0.2) is 9.18 Å². The fourth-order valence-electron chi connectivity index (χ4n) is 1.63. The Kier molecular flexibility index (Phi) is 5.18. The molecule has 0 fully saturated rings. The summed E-state index contributed by atoms with van der Waals surface area (Å²) in [5, 5.41) is 2.98. The van der Waals surface area contributed by atoms with Crippen LogP contribution >= 0.6 is 11.6 Å². The van der Waals surface area contributed by atoms with Crippen molar-refractivity contribution in [3.63, 3.8) is 0 Å². The molecule has 106 valence electrons. The third kappa shape index (κ3) is 5.07. The molecule has 19 heavy (non-hydrogen) atoms. The minimum absolute atomic E-state index is 0.327. The molecule has 1 aromatic rings. The molecule has 1 N–H and O–H groups in total. The van der Waals surface area contributed by atoms with Crippen LogP contribution in [0.3, 0.4) is 0 Å². The number of nitrogens with one attached hydrogen (secondary N) is 1. The maximum atomic E-state index is 13.8. The van der Waals surface area contributed by atoms with E-state index >= 15 is 0 Å². The summed E-state index contributed by atoms with van der Waals surface area (Å²) in [4.78, 5) is 11.7. The summed E-state index contributed by atoms with van der Waals surface area (Å²) in [5.41, 5.74) is -0.182. The molecule has 0 saturated carbocycles. The Morgan fingerprint density at radius 1 is 1.47 bits per heavy atom. The van der Waals surface area contributed by atoms with Crippen molar-refractivity contribution in [1.82, 2.24) is 5.32 Å². The lowest BCUT2D eigenvalue weighted by Gasteiger charge is -2.23. The molecule has 3 nitrogen and oxygen atoms in total. The van der Waals surface area contributed by atoms with Gasteiger partial charge in [0, 0.05) is 10.6 Å². The molecule has 0 saturated heterocycles. The number of carbonyl (C=O) groups excluding carboxylic acids is 1. The first-order valence-corrected chi connectivity index (χ1v) is 6.55. The van der Waals surface area contributed by atoms with E-state index in [1.807, 2.05) is 6.92 Å². The predicted octanol–water partition coefficient (Wildman–Crippen LogP) is 4.45. The molecule has 1 amide bonds. The molecule has 0 bridgehead atoms. The minimum atomic E-state index is -0.582. The van der Waals surface area contributed by atoms with E-state index in [0.29, 0.717) is 17.0 Å². The van der Waals surface area contributed by atoms with E-state index in [1.165, 1.54) is 6.07 Å². The van der Waals surface area contributed by atoms with Crippen LogP contribution < -0.4 is 5.32 Å². The van der Waals surface area contributed by atoms with Crippen molar-refractivity contribution < 1.29 is 13.9 Å². The van der Waals surface area contributed by atoms with Crippen molar-refractivity contribution in [2.45, 2.75) is 45.8 Å². The van der Waals surface area contributed by atoms with Gasteiger partial charge in [-0.05, 0) is 39.3 Å². The quantitative estimate of drug-likeness (QED) is 0.891. The molecule has 0 heterocycles. The molecule has 0 spiro atoms. The monoisotopic (exact) mass is 287 g/mol. The van der Waals surface area contributed by atoms with Crippen LogP contribution in [0.25, 0.3) is 0 Å². The first kappa shape index (κ1) is 15.8. The van der Waals surface area contributed by atoms with Gasteiger partial charge in [0.05, 0.1) is 6.04 Å². The zero-order valence-corrected chi connectivity index (χ0v) is 12.3. The summed E-state index contributed by atoms with van der Waals surface area (Å²) in [5.74, 6) is -0.435. The van der Waals surface area contributed by atoms with E-state index in [2.05, 4.69) is 5.32 Å². The van der Waals surface area contributed by atoms with Crippen LogP contribution in [0.1, 0.15) is 45.7 Å². The smallest absolute Gasteiger partial charge is 0.408 e. The van der Waals surface area contributed by atoms with E-state index in [-0.39, 0.29) is 0 Å². The molecular formula is C14H19ClFNO2. The van der Waals surface area contributed by atoms with Crippen LogP contribution in [0, 0.1) is 5.82 Å². The van der Waals surface area contributed by atoms with Crippen molar-refractivity contribution in [3.8, 4) is 0 Å². The Morgan fingerprint density at radius 2 is 2.11 bits per heavy atom. The lowest BCUT2D eigenvalue weighted by Crippen LogP contribution is -2.35. The minimum Gasteiger partial charge on any atom is -0.444 e. The second-order valence-electron chi connectivity index (χ2n) is 5.27. The number of carbonyl (C=O) groups is 1. The van der Waals surface area contributed by atoms with Gasteiger partial charge in [-0.3, -0.25) is 0 Å². The number of rotatable bonds is 3. The summed E-state index contributed by atoms with van der Waals surface area (Å²) >= 11 is 5.71. The zero-order chi connectivity index (χ0) is 14.6. The summed E-state index contributed by atoms with van der Waals surface area (Å²) in [6, 6.07) is 3.96. The Bertz CT molecular complexity index is 457. The molecule has 0 aromatic heterocycles. The number of benzene rings is 1. The molecule has 1 rings (SSSR count). The lowest BCUT2D eigenvalue weighted by molar-refractivity contribution is 0.0501. The van der Waals surface area contributed by atoms with Gasteiger partial charge in [0.25, 0.3) is 0 Å².